The number of ether oxygens (including phenoxy) is 2. The zero-order valence-electron chi connectivity index (χ0n) is 16.3. The Kier molecular flexibility index (Phi) is 7.86. The minimum absolute atomic E-state index is 0.00652. The first-order valence-corrected chi connectivity index (χ1v) is 10.1. The van der Waals surface area contributed by atoms with E-state index in [1.54, 1.807) is 19.2 Å². The summed E-state index contributed by atoms with van der Waals surface area (Å²) in [7, 11) is 0.677. The maximum absolute atomic E-state index is 11.5. The van der Waals surface area contributed by atoms with E-state index in [2.05, 4.69) is 32.2 Å². The molecule has 1 aliphatic rings. The lowest BCUT2D eigenvalue weighted by Gasteiger charge is -2.17. The lowest BCUT2D eigenvalue weighted by atomic mass is 9.79. The van der Waals surface area contributed by atoms with E-state index in [9.17, 15) is 9.59 Å². The molecule has 0 spiro atoms. The molecule has 30 heavy (non-hydrogen) atoms. The van der Waals surface area contributed by atoms with E-state index < -0.39 is 32.3 Å². The van der Waals surface area contributed by atoms with Gasteiger partial charge in [0.05, 0.1) is 0 Å². The molecule has 0 aromatic heterocycles. The summed E-state index contributed by atoms with van der Waals surface area (Å²) in [6.07, 6.45) is 1.86. The number of nitrogens with one attached hydrogen (secondary N) is 1. The second kappa shape index (κ2) is 10.6. The van der Waals surface area contributed by atoms with Crippen LogP contribution < -0.4 is 15.7 Å². The molecule has 8 nitrogen and oxygen atoms in total. The zero-order chi connectivity index (χ0) is 21.5. The van der Waals surface area contributed by atoms with Crippen molar-refractivity contribution in [3.05, 3.63) is 58.1 Å². The van der Waals surface area contributed by atoms with Crippen molar-refractivity contribution in [2.45, 2.75) is 18.9 Å². The molecule has 0 amide bonds. The molecule has 10 heteroatoms. The molecule has 3 rings (SSSR count). The van der Waals surface area contributed by atoms with Crippen molar-refractivity contribution in [3.8, 4) is 5.75 Å². The summed E-state index contributed by atoms with van der Waals surface area (Å²) in [5.74, 6) is -1.33. The number of carbonyl (C=O) groups excluding carboxylic acids is 1. The third-order valence-electron chi connectivity index (χ3n) is 4.52. The van der Waals surface area contributed by atoms with Gasteiger partial charge in [-0.05, 0) is 47.6 Å². The Balaban J connectivity index is 1.60. The molecule has 1 atom stereocenters. The molecule has 0 saturated carbocycles. The van der Waals surface area contributed by atoms with Gasteiger partial charge in [-0.2, -0.15) is 0 Å². The van der Waals surface area contributed by atoms with Gasteiger partial charge in [0, 0.05) is 11.5 Å². The van der Waals surface area contributed by atoms with Crippen molar-refractivity contribution in [2.24, 2.45) is 0 Å². The number of carboxylic acids is 1. The van der Waals surface area contributed by atoms with E-state index in [0.717, 1.165) is 17.3 Å². The number of halogens is 1. The summed E-state index contributed by atoms with van der Waals surface area (Å²) in [5, 5.41) is 8.53. The third-order valence-corrected chi connectivity index (χ3v) is 5.27. The summed E-state index contributed by atoms with van der Waals surface area (Å²) in [4.78, 5) is 22.0. The molecule has 0 fully saturated rings. The average molecular weight is 478 g/mol. The van der Waals surface area contributed by atoms with E-state index in [4.69, 9.17) is 19.3 Å². The third kappa shape index (κ3) is 5.82. The molecule has 2 N–H and O–H groups in total. The van der Waals surface area contributed by atoms with Crippen LogP contribution in [0.4, 0.5) is 0 Å². The number of hydroxylamine groups is 1. The predicted octanol–water partition coefficient (Wildman–Crippen LogP) is 2.01. The number of rotatable bonds is 10. The van der Waals surface area contributed by atoms with Gasteiger partial charge in [0.15, 0.2) is 6.61 Å². The van der Waals surface area contributed by atoms with Crippen LogP contribution in [0.15, 0.2) is 46.9 Å². The van der Waals surface area contributed by atoms with Crippen LogP contribution in [0.5, 0.6) is 5.75 Å². The van der Waals surface area contributed by atoms with E-state index in [1.807, 2.05) is 24.3 Å². The minimum atomic E-state index is -1.24. The van der Waals surface area contributed by atoms with Crippen molar-refractivity contribution in [3.63, 3.8) is 0 Å². The molecule has 2 aromatic carbocycles. The van der Waals surface area contributed by atoms with Crippen molar-refractivity contribution < 1.29 is 33.6 Å². The lowest BCUT2D eigenvalue weighted by Crippen LogP contribution is -2.41. The van der Waals surface area contributed by atoms with E-state index in [0.29, 0.717) is 11.2 Å². The topological polar surface area (TPSA) is 103 Å². The Morgan fingerprint density at radius 3 is 2.67 bits per heavy atom. The van der Waals surface area contributed by atoms with E-state index >= 15 is 0 Å². The van der Waals surface area contributed by atoms with Crippen molar-refractivity contribution in [1.29, 1.82) is 0 Å². The largest absolute Gasteiger partial charge is 0.511 e. The number of esters is 1. The highest BCUT2D eigenvalue weighted by atomic mass is 79.9. The van der Waals surface area contributed by atoms with E-state index in [-0.39, 0.29) is 6.10 Å². The zero-order valence-corrected chi connectivity index (χ0v) is 17.9. The van der Waals surface area contributed by atoms with Gasteiger partial charge in [-0.15, -0.1) is 0 Å². The fourth-order valence-electron chi connectivity index (χ4n) is 3.19. The van der Waals surface area contributed by atoms with Gasteiger partial charge >= 0.3 is 19.1 Å². The van der Waals surface area contributed by atoms with Crippen LogP contribution in [0, 0.1) is 0 Å². The van der Waals surface area contributed by atoms with Crippen LogP contribution in [0.2, 0.25) is 0 Å². The standard InChI is InChI=1S/C20H21BBrNO7/c1-23-30-21(28-12-20(26)27-11-19(24)25)13-5-7-14(8-6-13)29-18-10-9-15-16(18)3-2-4-17(15)22/h2-8,18,23H,9-12H2,1H3,(H,24,25)/t18-/m1/s1. The number of carbonyl (C=O) groups is 2. The van der Waals surface area contributed by atoms with E-state index in [1.165, 1.54) is 11.1 Å². The van der Waals surface area contributed by atoms with Crippen LogP contribution in [-0.2, 0) is 30.2 Å². The molecule has 0 radical (unpaired) electrons. The molecule has 0 bridgehead atoms. The van der Waals surface area contributed by atoms with Crippen LogP contribution >= 0.6 is 15.9 Å². The molecule has 1 aliphatic carbocycles. The lowest BCUT2D eigenvalue weighted by molar-refractivity contribution is -0.156. The smallest absolute Gasteiger partial charge is 0.486 e. The van der Waals surface area contributed by atoms with Gasteiger partial charge in [-0.1, -0.05) is 40.2 Å². The normalized spacial score (nSPS) is 14.8. The van der Waals surface area contributed by atoms with Gasteiger partial charge in [-0.25, -0.2) is 15.1 Å². The Morgan fingerprint density at radius 2 is 1.97 bits per heavy atom. The van der Waals surface area contributed by atoms with Crippen molar-refractivity contribution >= 4 is 40.4 Å². The Labute approximate surface area is 182 Å². The maximum Gasteiger partial charge on any atom is 0.511 e. The molecule has 2 aromatic rings. The molecule has 0 unspecified atom stereocenters. The first kappa shape index (κ1) is 22.3. The summed E-state index contributed by atoms with van der Waals surface area (Å²) in [6, 6.07) is 13.3. The molecule has 158 valence electrons. The van der Waals surface area contributed by atoms with Gasteiger partial charge in [0.2, 0.25) is 0 Å². The Morgan fingerprint density at radius 1 is 1.20 bits per heavy atom. The van der Waals surface area contributed by atoms with Crippen molar-refractivity contribution in [1.82, 2.24) is 5.48 Å². The number of aliphatic carboxylic acids is 1. The van der Waals surface area contributed by atoms with Gasteiger partial charge in [-0.3, -0.25) is 0 Å². The predicted molar refractivity (Wildman–Crippen MR) is 112 cm³/mol. The highest BCUT2D eigenvalue weighted by molar-refractivity contribution is 9.10. The first-order chi connectivity index (χ1) is 14.5. The van der Waals surface area contributed by atoms with Crippen LogP contribution in [-0.4, -0.2) is 44.4 Å². The summed E-state index contributed by atoms with van der Waals surface area (Å²) in [5.41, 5.74) is 5.64. The maximum atomic E-state index is 11.5. The number of hydrogen-bond donors (Lipinski definition) is 2. The quantitative estimate of drug-likeness (QED) is 0.304. The molecule has 0 saturated heterocycles. The summed E-state index contributed by atoms with van der Waals surface area (Å²) < 4.78 is 22.5. The first-order valence-electron chi connectivity index (χ1n) is 9.33. The Hall–Kier alpha value is -2.40. The molecular weight excluding hydrogens is 457 g/mol. The number of hydrogen-bond acceptors (Lipinski definition) is 7. The van der Waals surface area contributed by atoms with Gasteiger partial charge < -0.3 is 24.0 Å². The minimum Gasteiger partial charge on any atom is -0.486 e. The van der Waals surface area contributed by atoms with Crippen LogP contribution in [0.25, 0.3) is 0 Å². The molecule has 0 heterocycles. The average Bonchev–Trinajstić information content (AvgIpc) is 3.14. The summed E-state index contributed by atoms with van der Waals surface area (Å²) >= 11 is 3.59. The fraction of sp³-hybridized carbons (Fsp3) is 0.300. The van der Waals surface area contributed by atoms with Gasteiger partial charge in [0.25, 0.3) is 0 Å². The molecular formula is C20H21BBrNO7. The fourth-order valence-corrected chi connectivity index (χ4v) is 3.77. The van der Waals surface area contributed by atoms with Crippen molar-refractivity contribution in [2.75, 3.05) is 20.3 Å². The second-order valence-electron chi connectivity index (χ2n) is 6.54. The highest BCUT2D eigenvalue weighted by Gasteiger charge is 2.27. The van der Waals surface area contributed by atoms with Crippen LogP contribution in [0.3, 0.4) is 0 Å². The monoisotopic (exact) mass is 477 g/mol. The highest BCUT2D eigenvalue weighted by Crippen LogP contribution is 2.38. The van der Waals surface area contributed by atoms with Gasteiger partial charge in [0.1, 0.15) is 18.5 Å². The number of carboxylic acid groups (broad SMARTS) is 1. The molecule has 0 aliphatic heterocycles. The Bertz CT molecular complexity index is 893. The second-order valence-corrected chi connectivity index (χ2v) is 7.40. The summed E-state index contributed by atoms with van der Waals surface area (Å²) in [6.45, 7) is -1.17. The number of benzene rings is 2. The van der Waals surface area contributed by atoms with Crippen LogP contribution in [0.1, 0.15) is 23.7 Å². The SMILES string of the molecule is CNOB(OCC(=O)OCC(=O)O)c1ccc(O[C@@H]2CCc3c(Br)cccc32)cc1. The number of fused-ring (bicyclic) bond motifs is 1.